The quantitative estimate of drug-likeness (QED) is 0.400. The van der Waals surface area contributed by atoms with Crippen LogP contribution in [0.15, 0.2) is 53.5 Å². The first kappa shape index (κ1) is 26.2. The molecule has 1 fully saturated rings. The molecule has 12 heteroatoms. The van der Waals surface area contributed by atoms with E-state index in [1.165, 1.54) is 0 Å². The molecule has 4 rings (SSSR count). The Morgan fingerprint density at radius 2 is 1.95 bits per heavy atom. The molecular weight excluding hydrogens is 489 g/mol. The average Bonchev–Trinajstić information content (AvgIpc) is 3.32. The van der Waals surface area contributed by atoms with Crippen LogP contribution in [0.5, 0.6) is 0 Å². The number of nitrogens with one attached hydrogen (secondary N) is 3. The molecule has 2 heterocycles. The molecule has 1 amide bonds. The zero-order valence-corrected chi connectivity index (χ0v) is 20.4. The maximum absolute atomic E-state index is 12.9. The SMILES string of the molecule is CC1(C)CC(C(NC2=CNC(n3cc(C(F)(F)F)cn3)N=C2)c2ccc(C(=O)NCCC(=O)O)cc2)C1. The molecule has 2 aliphatic rings. The van der Waals surface area contributed by atoms with Gasteiger partial charge in [-0.1, -0.05) is 26.0 Å². The van der Waals surface area contributed by atoms with Crippen LogP contribution in [0.3, 0.4) is 0 Å². The van der Waals surface area contributed by atoms with Gasteiger partial charge in [0.25, 0.3) is 5.91 Å². The van der Waals surface area contributed by atoms with E-state index in [1.54, 1.807) is 24.5 Å². The van der Waals surface area contributed by atoms with Gasteiger partial charge < -0.3 is 21.1 Å². The number of alkyl halides is 3. The van der Waals surface area contributed by atoms with Gasteiger partial charge in [-0.15, -0.1) is 0 Å². The summed E-state index contributed by atoms with van der Waals surface area (Å²) in [5.74, 6) is -0.991. The molecule has 198 valence electrons. The van der Waals surface area contributed by atoms with Crippen LogP contribution >= 0.6 is 0 Å². The van der Waals surface area contributed by atoms with E-state index in [-0.39, 0.29) is 30.3 Å². The van der Waals surface area contributed by atoms with Crippen molar-refractivity contribution in [1.82, 2.24) is 25.7 Å². The molecule has 0 spiro atoms. The number of aliphatic carboxylic acids is 1. The van der Waals surface area contributed by atoms with Crippen molar-refractivity contribution in [3.05, 3.63) is 65.2 Å². The van der Waals surface area contributed by atoms with Crippen LogP contribution in [0.25, 0.3) is 0 Å². The summed E-state index contributed by atoms with van der Waals surface area (Å²) in [6.07, 6.45) is 1.47. The highest BCUT2D eigenvalue weighted by Crippen LogP contribution is 2.50. The minimum atomic E-state index is -4.47. The van der Waals surface area contributed by atoms with Crippen LogP contribution in [-0.4, -0.2) is 39.5 Å². The van der Waals surface area contributed by atoms with Gasteiger partial charge in [-0.05, 0) is 41.9 Å². The molecule has 2 aromatic rings. The lowest BCUT2D eigenvalue weighted by Gasteiger charge is -2.47. The Bertz CT molecular complexity index is 1190. The third-order valence-corrected chi connectivity index (χ3v) is 6.50. The van der Waals surface area contributed by atoms with Crippen LogP contribution in [0.1, 0.15) is 66.9 Å². The smallest absolute Gasteiger partial charge is 0.419 e. The Morgan fingerprint density at radius 1 is 1.24 bits per heavy atom. The summed E-state index contributed by atoms with van der Waals surface area (Å²) < 4.78 is 39.7. The average molecular weight is 519 g/mol. The van der Waals surface area contributed by atoms with Gasteiger partial charge in [0.1, 0.15) is 0 Å². The lowest BCUT2D eigenvalue weighted by Crippen LogP contribution is -2.41. The number of carbonyl (C=O) groups is 2. The van der Waals surface area contributed by atoms with Gasteiger partial charge in [0.15, 0.2) is 0 Å². The topological polar surface area (TPSA) is 121 Å². The molecule has 0 saturated heterocycles. The van der Waals surface area contributed by atoms with E-state index < -0.39 is 24.0 Å². The predicted octanol–water partition coefficient (Wildman–Crippen LogP) is 3.85. The molecule has 0 bridgehead atoms. The van der Waals surface area contributed by atoms with E-state index in [4.69, 9.17) is 5.11 Å². The molecule has 1 aliphatic heterocycles. The molecule has 2 atom stereocenters. The fourth-order valence-corrected chi connectivity index (χ4v) is 4.71. The van der Waals surface area contributed by atoms with Crippen LogP contribution in [0, 0.1) is 11.3 Å². The highest BCUT2D eigenvalue weighted by Gasteiger charge is 2.41. The van der Waals surface area contributed by atoms with E-state index in [2.05, 4.69) is 39.9 Å². The lowest BCUT2D eigenvalue weighted by atomic mass is 9.61. The van der Waals surface area contributed by atoms with Crippen molar-refractivity contribution in [2.24, 2.45) is 16.3 Å². The van der Waals surface area contributed by atoms with Crippen molar-refractivity contribution < 1.29 is 27.9 Å². The first-order valence-electron chi connectivity index (χ1n) is 11.9. The lowest BCUT2D eigenvalue weighted by molar-refractivity contribution is -0.138. The van der Waals surface area contributed by atoms with E-state index in [9.17, 15) is 22.8 Å². The summed E-state index contributed by atoms with van der Waals surface area (Å²) in [5, 5.41) is 21.5. The van der Waals surface area contributed by atoms with Gasteiger partial charge in [-0.3, -0.25) is 9.59 Å². The Hall–Kier alpha value is -3.83. The molecule has 9 nitrogen and oxygen atoms in total. The summed E-state index contributed by atoms with van der Waals surface area (Å²) in [6.45, 7) is 4.46. The van der Waals surface area contributed by atoms with Crippen molar-refractivity contribution in [2.45, 2.75) is 51.6 Å². The van der Waals surface area contributed by atoms with Gasteiger partial charge in [0.2, 0.25) is 6.29 Å². The number of hydrogen-bond donors (Lipinski definition) is 4. The highest BCUT2D eigenvalue weighted by molar-refractivity contribution is 5.94. The Kier molecular flexibility index (Phi) is 7.28. The van der Waals surface area contributed by atoms with E-state index in [1.807, 2.05) is 12.1 Å². The molecule has 1 aromatic heterocycles. The second-order valence-electron chi connectivity index (χ2n) is 10.1. The second-order valence-corrected chi connectivity index (χ2v) is 10.1. The van der Waals surface area contributed by atoms with Gasteiger partial charge in [0, 0.05) is 24.5 Å². The van der Waals surface area contributed by atoms with Crippen molar-refractivity contribution in [3.63, 3.8) is 0 Å². The van der Waals surface area contributed by atoms with Gasteiger partial charge in [0.05, 0.1) is 36.1 Å². The summed E-state index contributed by atoms with van der Waals surface area (Å²) in [5.41, 5.74) is 1.46. The first-order chi connectivity index (χ1) is 17.4. The van der Waals surface area contributed by atoms with Crippen LogP contribution in [0.2, 0.25) is 0 Å². The standard InChI is InChI=1S/C25H29F3N6O3/c1-24(2)9-17(10-24)21(15-3-5-16(6-4-15)22(37)29-8-7-20(35)36)33-19-12-30-23(31-13-19)34-14-18(11-32-34)25(26,27)28/h3-6,11-14,17,21,23,30,33H,7-10H2,1-2H3,(H,29,37)(H,35,36). The molecule has 1 aliphatic carbocycles. The number of nitrogens with zero attached hydrogens (tertiary/aromatic N) is 3. The van der Waals surface area contributed by atoms with E-state index >= 15 is 0 Å². The number of aliphatic imine (C=N–C) groups is 1. The summed E-state index contributed by atoms with van der Waals surface area (Å²) in [4.78, 5) is 27.2. The third kappa shape index (κ3) is 6.49. The highest BCUT2D eigenvalue weighted by atomic mass is 19.4. The number of hydrogen-bond acceptors (Lipinski definition) is 6. The molecular formula is C25H29F3N6O3. The molecule has 37 heavy (non-hydrogen) atoms. The number of amides is 1. The number of benzene rings is 1. The summed E-state index contributed by atoms with van der Waals surface area (Å²) in [6, 6.07) is 7.08. The van der Waals surface area contributed by atoms with Crippen LogP contribution < -0.4 is 16.0 Å². The number of allylic oxidation sites excluding steroid dienone is 1. The molecule has 1 saturated carbocycles. The Labute approximate surface area is 211 Å². The summed E-state index contributed by atoms with van der Waals surface area (Å²) in [7, 11) is 0. The van der Waals surface area contributed by atoms with Gasteiger partial charge >= 0.3 is 12.1 Å². The van der Waals surface area contributed by atoms with Crippen LogP contribution in [-0.2, 0) is 11.0 Å². The zero-order valence-electron chi connectivity index (χ0n) is 20.4. The minimum Gasteiger partial charge on any atom is -0.481 e. The normalized spacial score (nSPS) is 19.8. The van der Waals surface area contributed by atoms with E-state index in [0.29, 0.717) is 17.2 Å². The van der Waals surface area contributed by atoms with Crippen molar-refractivity contribution in [1.29, 1.82) is 0 Å². The zero-order chi connectivity index (χ0) is 26.8. The Balaban J connectivity index is 1.43. The summed E-state index contributed by atoms with van der Waals surface area (Å²) >= 11 is 0. The van der Waals surface area contributed by atoms with Crippen molar-refractivity contribution >= 4 is 18.1 Å². The monoisotopic (exact) mass is 518 g/mol. The number of carboxylic acids is 1. The minimum absolute atomic E-state index is 0.0504. The predicted molar refractivity (Wildman–Crippen MR) is 129 cm³/mol. The second kappa shape index (κ2) is 10.3. The fourth-order valence-electron chi connectivity index (χ4n) is 4.71. The maximum atomic E-state index is 12.9. The van der Waals surface area contributed by atoms with E-state index in [0.717, 1.165) is 35.5 Å². The number of carbonyl (C=O) groups excluding carboxylic acids is 1. The molecule has 4 N–H and O–H groups in total. The third-order valence-electron chi connectivity index (χ3n) is 6.50. The van der Waals surface area contributed by atoms with Gasteiger partial charge in [-0.25, -0.2) is 9.67 Å². The maximum Gasteiger partial charge on any atom is 0.419 e. The number of carboxylic acid groups (broad SMARTS) is 1. The largest absolute Gasteiger partial charge is 0.481 e. The molecule has 0 radical (unpaired) electrons. The van der Waals surface area contributed by atoms with Crippen LogP contribution in [0.4, 0.5) is 13.2 Å². The van der Waals surface area contributed by atoms with Crippen molar-refractivity contribution in [2.75, 3.05) is 6.54 Å². The van der Waals surface area contributed by atoms with Gasteiger partial charge in [-0.2, -0.15) is 18.3 Å². The molecule has 1 aromatic carbocycles. The number of rotatable bonds is 9. The van der Waals surface area contributed by atoms with Crippen molar-refractivity contribution in [3.8, 4) is 0 Å². The number of aromatic nitrogens is 2. The fraction of sp³-hybridized carbons (Fsp3) is 0.440. The first-order valence-corrected chi connectivity index (χ1v) is 11.9. The number of halogens is 3. The molecule has 2 unspecified atom stereocenters. The Morgan fingerprint density at radius 3 is 2.49 bits per heavy atom.